The molecule has 0 aliphatic carbocycles. The van der Waals surface area contributed by atoms with Crippen LogP contribution in [-0.2, 0) is 0 Å². The van der Waals surface area contributed by atoms with E-state index in [0.29, 0.717) is 6.54 Å². The third-order valence-electron chi connectivity index (χ3n) is 2.22. The molecule has 5 heteroatoms. The van der Waals surface area contributed by atoms with E-state index in [4.69, 9.17) is 0 Å². The van der Waals surface area contributed by atoms with E-state index in [1.807, 2.05) is 0 Å². The lowest BCUT2D eigenvalue weighted by Gasteiger charge is -2.18. The molecule has 1 amide bonds. The maximum Gasteiger partial charge on any atom is 0.289 e. The topological polar surface area (TPSA) is 54.9 Å². The second kappa shape index (κ2) is 6.19. The number of carbonyl (C=O) groups excluding carboxylic acids is 1. The molecule has 0 saturated carbocycles. The minimum Gasteiger partial charge on any atom is -0.349 e. The maximum atomic E-state index is 11.9. The Morgan fingerprint density at radius 1 is 1.25 bits per heavy atom. The zero-order valence-corrected chi connectivity index (χ0v) is 14.2. The largest absolute Gasteiger partial charge is 0.349 e. The molecule has 0 radical (unpaired) electrons. The lowest BCUT2D eigenvalue weighted by atomic mass is 9.97. The second-order valence-corrected chi connectivity index (χ2v) is 11.8. The van der Waals surface area contributed by atoms with Crippen LogP contribution in [0, 0.1) is 16.9 Å². The molecule has 1 heterocycles. The predicted octanol–water partition coefficient (Wildman–Crippen LogP) is 2.48. The van der Waals surface area contributed by atoms with Crippen LogP contribution in [0.5, 0.6) is 0 Å². The molecular formula is C15H23N3OSi. The smallest absolute Gasteiger partial charge is 0.289 e. The Morgan fingerprint density at radius 3 is 2.25 bits per heavy atom. The van der Waals surface area contributed by atoms with Crippen molar-refractivity contribution in [3.05, 3.63) is 23.8 Å². The monoisotopic (exact) mass is 289 g/mol. The fraction of sp³-hybridized carbons (Fsp3) is 0.533. The maximum absolute atomic E-state index is 11.9. The minimum atomic E-state index is -1.41. The van der Waals surface area contributed by atoms with E-state index in [-0.39, 0.29) is 17.1 Å². The molecule has 20 heavy (non-hydrogen) atoms. The first kappa shape index (κ1) is 16.4. The molecule has 0 spiro atoms. The van der Waals surface area contributed by atoms with Gasteiger partial charge in [0, 0.05) is 18.9 Å². The molecule has 0 fully saturated rings. The van der Waals surface area contributed by atoms with E-state index < -0.39 is 8.07 Å². The quantitative estimate of drug-likeness (QED) is 0.672. The Kier molecular flexibility index (Phi) is 5.07. The summed E-state index contributed by atoms with van der Waals surface area (Å²) in [6.45, 7) is 13.3. The van der Waals surface area contributed by atoms with E-state index in [9.17, 15) is 4.79 Å². The van der Waals surface area contributed by atoms with Crippen molar-refractivity contribution in [1.29, 1.82) is 0 Å². The molecule has 0 saturated heterocycles. The Balaban J connectivity index is 2.71. The highest BCUT2D eigenvalue weighted by atomic mass is 28.3. The summed E-state index contributed by atoms with van der Waals surface area (Å²) in [6.07, 6.45) is 3.21. The van der Waals surface area contributed by atoms with Crippen molar-refractivity contribution >= 4 is 14.0 Å². The number of aromatic nitrogens is 2. The molecule has 1 rings (SSSR count). The molecule has 108 valence electrons. The fourth-order valence-corrected chi connectivity index (χ4v) is 1.71. The van der Waals surface area contributed by atoms with Crippen molar-refractivity contribution in [1.82, 2.24) is 15.3 Å². The average molecular weight is 289 g/mol. The Hall–Kier alpha value is -1.67. The summed E-state index contributed by atoms with van der Waals surface area (Å²) < 4.78 is 0. The highest BCUT2D eigenvalue weighted by molar-refractivity contribution is 6.83. The summed E-state index contributed by atoms with van der Waals surface area (Å²) in [5.41, 5.74) is 4.03. The predicted molar refractivity (Wildman–Crippen MR) is 84.0 cm³/mol. The van der Waals surface area contributed by atoms with Gasteiger partial charge in [0.05, 0.1) is 5.56 Å². The van der Waals surface area contributed by atoms with Gasteiger partial charge in [0.25, 0.3) is 5.91 Å². The standard InChI is InChI=1S/C15H23N3OSi/c1-15(2,3)11-18-14(19)13-16-9-12(10-17-13)7-8-20(4,5)6/h9-10H,11H2,1-6H3,(H,18,19). The average Bonchev–Trinajstić information content (AvgIpc) is 2.32. The fourth-order valence-electron chi connectivity index (χ4n) is 1.19. The van der Waals surface area contributed by atoms with Crippen LogP contribution in [-0.4, -0.2) is 30.5 Å². The molecule has 0 atom stereocenters. The first-order valence-corrected chi connectivity index (χ1v) is 10.2. The second-order valence-electron chi connectivity index (χ2n) is 7.04. The zero-order chi connectivity index (χ0) is 15.4. The molecule has 4 nitrogen and oxygen atoms in total. The molecule has 1 aromatic rings. The summed E-state index contributed by atoms with van der Waals surface area (Å²) in [4.78, 5) is 20.0. The molecule has 0 aliphatic rings. The number of nitrogens with zero attached hydrogens (tertiary/aromatic N) is 2. The summed E-state index contributed by atoms with van der Waals surface area (Å²) in [6, 6.07) is 0. The number of hydrogen-bond acceptors (Lipinski definition) is 3. The molecule has 0 aliphatic heterocycles. The normalized spacial score (nSPS) is 11.5. The van der Waals surface area contributed by atoms with Gasteiger partial charge in [-0.1, -0.05) is 46.3 Å². The number of hydrogen-bond donors (Lipinski definition) is 1. The van der Waals surface area contributed by atoms with Gasteiger partial charge in [-0.2, -0.15) is 0 Å². The molecule has 0 bridgehead atoms. The van der Waals surface area contributed by atoms with Crippen LogP contribution in [0.15, 0.2) is 12.4 Å². The van der Waals surface area contributed by atoms with Crippen LogP contribution in [0.1, 0.15) is 37.0 Å². The van der Waals surface area contributed by atoms with Crippen molar-refractivity contribution < 1.29 is 4.79 Å². The van der Waals surface area contributed by atoms with E-state index in [1.165, 1.54) is 0 Å². The summed E-state index contributed by atoms with van der Waals surface area (Å²) in [5.74, 6) is 3.00. The SMILES string of the molecule is CC(C)(C)CNC(=O)c1ncc(C#C[Si](C)(C)C)cn1. The third kappa shape index (κ3) is 6.48. The van der Waals surface area contributed by atoms with Gasteiger partial charge in [-0.05, 0) is 5.41 Å². The lowest BCUT2D eigenvalue weighted by molar-refractivity contribution is 0.0929. The number of amides is 1. The molecule has 1 aromatic heterocycles. The van der Waals surface area contributed by atoms with E-state index in [1.54, 1.807) is 12.4 Å². The Morgan fingerprint density at radius 2 is 1.80 bits per heavy atom. The van der Waals surface area contributed by atoms with Crippen molar-refractivity contribution in [3.63, 3.8) is 0 Å². The van der Waals surface area contributed by atoms with Crippen LogP contribution >= 0.6 is 0 Å². The van der Waals surface area contributed by atoms with Gasteiger partial charge in [-0.3, -0.25) is 4.79 Å². The number of carbonyl (C=O) groups is 1. The van der Waals surface area contributed by atoms with Gasteiger partial charge in [-0.15, -0.1) is 5.54 Å². The van der Waals surface area contributed by atoms with Crippen LogP contribution < -0.4 is 5.32 Å². The highest BCUT2D eigenvalue weighted by Crippen LogP contribution is 2.10. The minimum absolute atomic E-state index is 0.0401. The van der Waals surface area contributed by atoms with Crippen LogP contribution in [0.2, 0.25) is 19.6 Å². The summed E-state index contributed by atoms with van der Waals surface area (Å²) in [7, 11) is -1.41. The van der Waals surface area contributed by atoms with Crippen molar-refractivity contribution in [2.75, 3.05) is 6.54 Å². The van der Waals surface area contributed by atoms with Crippen molar-refractivity contribution in [3.8, 4) is 11.5 Å². The number of rotatable bonds is 2. The van der Waals surface area contributed by atoms with Gasteiger partial charge >= 0.3 is 0 Å². The lowest BCUT2D eigenvalue weighted by Crippen LogP contribution is -2.33. The molecule has 0 unspecified atom stereocenters. The summed E-state index contributed by atoms with van der Waals surface area (Å²) >= 11 is 0. The third-order valence-corrected chi connectivity index (χ3v) is 3.09. The van der Waals surface area contributed by atoms with Gasteiger partial charge in [0.1, 0.15) is 8.07 Å². The highest BCUT2D eigenvalue weighted by Gasteiger charge is 2.14. The van der Waals surface area contributed by atoms with Gasteiger partial charge in [0.2, 0.25) is 5.82 Å². The van der Waals surface area contributed by atoms with E-state index in [2.05, 4.69) is 67.2 Å². The summed E-state index contributed by atoms with van der Waals surface area (Å²) in [5, 5.41) is 2.82. The molecule has 1 N–H and O–H groups in total. The Bertz CT molecular complexity index is 527. The van der Waals surface area contributed by atoms with Crippen LogP contribution in [0.3, 0.4) is 0 Å². The molecule has 0 aromatic carbocycles. The first-order chi connectivity index (χ1) is 9.07. The first-order valence-electron chi connectivity index (χ1n) is 6.70. The number of nitrogens with one attached hydrogen (secondary N) is 1. The van der Waals surface area contributed by atoms with Crippen molar-refractivity contribution in [2.45, 2.75) is 40.4 Å². The van der Waals surface area contributed by atoms with E-state index >= 15 is 0 Å². The zero-order valence-electron chi connectivity index (χ0n) is 13.2. The van der Waals surface area contributed by atoms with Gasteiger partial charge in [-0.25, -0.2) is 9.97 Å². The van der Waals surface area contributed by atoms with Gasteiger partial charge in [0.15, 0.2) is 0 Å². The molecular weight excluding hydrogens is 266 g/mol. The van der Waals surface area contributed by atoms with Crippen LogP contribution in [0.4, 0.5) is 0 Å². The van der Waals surface area contributed by atoms with Crippen LogP contribution in [0.25, 0.3) is 0 Å². The van der Waals surface area contributed by atoms with Gasteiger partial charge < -0.3 is 5.32 Å². The Labute approximate surface area is 122 Å². The van der Waals surface area contributed by atoms with E-state index in [0.717, 1.165) is 5.56 Å². The van der Waals surface area contributed by atoms with Crippen molar-refractivity contribution in [2.24, 2.45) is 5.41 Å².